The number of rotatable bonds is 6. The van der Waals surface area contributed by atoms with Crippen LogP contribution in [0.2, 0.25) is 0 Å². The Balaban J connectivity index is 2.01. The topological polar surface area (TPSA) is 38.5 Å². The van der Waals surface area contributed by atoms with Crippen LogP contribution >= 0.6 is 0 Å². The van der Waals surface area contributed by atoms with Gasteiger partial charge in [0.05, 0.1) is 12.7 Å². The van der Waals surface area contributed by atoms with Crippen LogP contribution in [0.4, 0.5) is 0 Å². The smallest absolute Gasteiger partial charge is 0.0695 e. The molecule has 0 saturated carbocycles. The van der Waals surface area contributed by atoms with Crippen LogP contribution in [0.25, 0.3) is 0 Å². The maximum Gasteiger partial charge on any atom is 0.0695 e. The lowest BCUT2D eigenvalue weighted by Gasteiger charge is -2.26. The number of likely N-dealkylation sites (tertiary alicyclic amines) is 1. The fourth-order valence-electron chi connectivity index (χ4n) is 1.88. The predicted octanol–water partition coefficient (Wildman–Crippen LogP) is 1.23. The van der Waals surface area contributed by atoms with Crippen LogP contribution in [0, 0.1) is 0 Å². The van der Waals surface area contributed by atoms with Gasteiger partial charge in [0, 0.05) is 13.1 Å². The zero-order chi connectivity index (χ0) is 10.2. The summed E-state index contributed by atoms with van der Waals surface area (Å²) in [6.45, 7) is 7.20. The Kier molecular flexibility index (Phi) is 6.15. The van der Waals surface area contributed by atoms with Crippen molar-refractivity contribution < 1.29 is 4.74 Å². The lowest BCUT2D eigenvalue weighted by atomic mass is 10.1. The van der Waals surface area contributed by atoms with Crippen molar-refractivity contribution in [3.05, 3.63) is 0 Å². The number of hydrogen-bond donors (Lipinski definition) is 1. The van der Waals surface area contributed by atoms with Gasteiger partial charge in [-0.25, -0.2) is 0 Å². The molecule has 0 spiro atoms. The van der Waals surface area contributed by atoms with E-state index in [1.54, 1.807) is 0 Å². The first-order valence-electron chi connectivity index (χ1n) is 5.90. The first-order valence-corrected chi connectivity index (χ1v) is 5.90. The Bertz CT molecular complexity index is 131. The second-order valence-electron chi connectivity index (χ2n) is 4.04. The van der Waals surface area contributed by atoms with Gasteiger partial charge < -0.3 is 15.4 Å². The van der Waals surface area contributed by atoms with E-state index in [9.17, 15) is 0 Å². The van der Waals surface area contributed by atoms with E-state index in [0.717, 1.165) is 19.6 Å². The third-order valence-electron chi connectivity index (χ3n) is 2.93. The average molecular weight is 200 g/mol. The Hall–Kier alpha value is -0.120. The van der Waals surface area contributed by atoms with E-state index in [0.29, 0.717) is 6.54 Å². The van der Waals surface area contributed by atoms with E-state index in [-0.39, 0.29) is 6.10 Å². The van der Waals surface area contributed by atoms with E-state index in [2.05, 4.69) is 11.8 Å². The summed E-state index contributed by atoms with van der Waals surface area (Å²) in [5.41, 5.74) is 5.56. The maximum absolute atomic E-state index is 5.68. The molecule has 0 aromatic carbocycles. The molecule has 0 aliphatic carbocycles. The lowest BCUT2D eigenvalue weighted by molar-refractivity contribution is 0.0374. The van der Waals surface area contributed by atoms with Crippen LogP contribution in [0.15, 0.2) is 0 Å². The van der Waals surface area contributed by atoms with Crippen molar-refractivity contribution in [2.75, 3.05) is 32.8 Å². The summed E-state index contributed by atoms with van der Waals surface area (Å²) in [5.74, 6) is 0. The first-order chi connectivity index (χ1) is 6.86. The van der Waals surface area contributed by atoms with Crippen molar-refractivity contribution in [1.29, 1.82) is 0 Å². The van der Waals surface area contributed by atoms with E-state index < -0.39 is 0 Å². The van der Waals surface area contributed by atoms with E-state index >= 15 is 0 Å². The molecule has 1 atom stereocenters. The monoisotopic (exact) mass is 200 g/mol. The zero-order valence-electron chi connectivity index (χ0n) is 9.37. The minimum Gasteiger partial charge on any atom is -0.376 e. The van der Waals surface area contributed by atoms with Gasteiger partial charge in [-0.2, -0.15) is 0 Å². The van der Waals surface area contributed by atoms with Gasteiger partial charge in [0.1, 0.15) is 0 Å². The SMILES string of the molecule is CCC(CN)OCCN1CCCCC1. The third-order valence-corrected chi connectivity index (χ3v) is 2.93. The van der Waals surface area contributed by atoms with E-state index in [1.807, 2.05) is 0 Å². The molecular weight excluding hydrogens is 176 g/mol. The molecule has 84 valence electrons. The summed E-state index contributed by atoms with van der Waals surface area (Å²) >= 11 is 0. The predicted molar refractivity (Wildman–Crippen MR) is 59.4 cm³/mol. The molecule has 1 aliphatic heterocycles. The Morgan fingerprint density at radius 2 is 2.00 bits per heavy atom. The van der Waals surface area contributed by atoms with Gasteiger partial charge in [-0.3, -0.25) is 0 Å². The molecule has 0 aromatic rings. The van der Waals surface area contributed by atoms with Gasteiger partial charge >= 0.3 is 0 Å². The van der Waals surface area contributed by atoms with Crippen molar-refractivity contribution in [1.82, 2.24) is 4.90 Å². The highest BCUT2D eigenvalue weighted by molar-refractivity contribution is 4.64. The van der Waals surface area contributed by atoms with Gasteiger partial charge in [0.15, 0.2) is 0 Å². The summed E-state index contributed by atoms with van der Waals surface area (Å²) in [7, 11) is 0. The molecule has 0 bridgehead atoms. The molecule has 3 heteroatoms. The minimum absolute atomic E-state index is 0.264. The van der Waals surface area contributed by atoms with Gasteiger partial charge in [-0.15, -0.1) is 0 Å². The molecule has 1 saturated heterocycles. The number of nitrogens with two attached hydrogens (primary N) is 1. The van der Waals surface area contributed by atoms with Crippen molar-refractivity contribution in [2.45, 2.75) is 38.7 Å². The van der Waals surface area contributed by atoms with Crippen LogP contribution in [0.1, 0.15) is 32.6 Å². The third kappa shape index (κ3) is 4.40. The number of ether oxygens (including phenoxy) is 1. The first kappa shape index (κ1) is 12.0. The number of nitrogens with zero attached hydrogens (tertiary/aromatic N) is 1. The van der Waals surface area contributed by atoms with Crippen LogP contribution in [-0.2, 0) is 4.74 Å². The molecule has 0 amide bonds. The average Bonchev–Trinajstić information content (AvgIpc) is 2.26. The van der Waals surface area contributed by atoms with Gasteiger partial charge in [-0.1, -0.05) is 13.3 Å². The maximum atomic E-state index is 5.68. The van der Waals surface area contributed by atoms with Crippen LogP contribution in [0.3, 0.4) is 0 Å². The van der Waals surface area contributed by atoms with Crippen LogP contribution in [0.5, 0.6) is 0 Å². The molecule has 14 heavy (non-hydrogen) atoms. The van der Waals surface area contributed by atoms with Crippen molar-refractivity contribution >= 4 is 0 Å². The number of hydrogen-bond acceptors (Lipinski definition) is 3. The molecule has 2 N–H and O–H groups in total. The van der Waals surface area contributed by atoms with Crippen molar-refractivity contribution in [2.24, 2.45) is 5.73 Å². The highest BCUT2D eigenvalue weighted by Crippen LogP contribution is 2.08. The van der Waals surface area contributed by atoms with E-state index in [1.165, 1.54) is 32.4 Å². The molecule has 1 heterocycles. The highest BCUT2D eigenvalue weighted by atomic mass is 16.5. The van der Waals surface area contributed by atoms with Crippen LogP contribution < -0.4 is 5.73 Å². The molecular formula is C11H24N2O. The highest BCUT2D eigenvalue weighted by Gasteiger charge is 2.10. The number of piperidine rings is 1. The molecule has 1 aliphatic rings. The fourth-order valence-corrected chi connectivity index (χ4v) is 1.88. The zero-order valence-corrected chi connectivity index (χ0v) is 9.37. The normalized spacial score (nSPS) is 21.0. The van der Waals surface area contributed by atoms with Gasteiger partial charge in [0.2, 0.25) is 0 Å². The standard InChI is InChI=1S/C11H24N2O/c1-2-11(10-12)14-9-8-13-6-4-3-5-7-13/h11H,2-10,12H2,1H3. The second kappa shape index (κ2) is 7.21. The largest absolute Gasteiger partial charge is 0.376 e. The molecule has 0 aromatic heterocycles. The molecule has 1 fully saturated rings. The Morgan fingerprint density at radius 3 is 2.57 bits per heavy atom. The van der Waals surface area contributed by atoms with E-state index in [4.69, 9.17) is 10.5 Å². The summed E-state index contributed by atoms with van der Waals surface area (Å²) < 4.78 is 5.68. The fraction of sp³-hybridized carbons (Fsp3) is 1.00. The molecule has 0 radical (unpaired) electrons. The summed E-state index contributed by atoms with van der Waals surface area (Å²) in [4.78, 5) is 2.49. The summed E-state index contributed by atoms with van der Waals surface area (Å²) in [6, 6.07) is 0. The van der Waals surface area contributed by atoms with Gasteiger partial charge in [0.25, 0.3) is 0 Å². The lowest BCUT2D eigenvalue weighted by Crippen LogP contribution is -2.34. The quantitative estimate of drug-likeness (QED) is 0.701. The second-order valence-corrected chi connectivity index (χ2v) is 4.04. The minimum atomic E-state index is 0.264. The summed E-state index contributed by atoms with van der Waals surface area (Å²) in [6.07, 6.45) is 5.40. The van der Waals surface area contributed by atoms with Crippen molar-refractivity contribution in [3.8, 4) is 0 Å². The van der Waals surface area contributed by atoms with Crippen molar-refractivity contribution in [3.63, 3.8) is 0 Å². The Morgan fingerprint density at radius 1 is 1.29 bits per heavy atom. The molecule has 1 rings (SSSR count). The molecule has 3 nitrogen and oxygen atoms in total. The van der Waals surface area contributed by atoms with Gasteiger partial charge in [-0.05, 0) is 32.4 Å². The Labute approximate surface area is 87.6 Å². The molecule has 1 unspecified atom stereocenters. The summed E-state index contributed by atoms with van der Waals surface area (Å²) in [5, 5.41) is 0. The van der Waals surface area contributed by atoms with Crippen LogP contribution in [-0.4, -0.2) is 43.8 Å².